The summed E-state index contributed by atoms with van der Waals surface area (Å²) in [4.78, 5) is 5.95. The summed E-state index contributed by atoms with van der Waals surface area (Å²) < 4.78 is 43.5. The number of hydrogen-bond acceptors (Lipinski definition) is 3. The van der Waals surface area contributed by atoms with Gasteiger partial charge in [0.15, 0.2) is 0 Å². The zero-order valence-corrected chi connectivity index (χ0v) is 11.5. The van der Waals surface area contributed by atoms with E-state index in [1.165, 1.54) is 12.3 Å². The van der Waals surface area contributed by atoms with Gasteiger partial charge in [-0.3, -0.25) is 0 Å². The number of aromatic nitrogens is 1. The van der Waals surface area contributed by atoms with Gasteiger partial charge >= 0.3 is 6.18 Å². The molecule has 112 valence electrons. The number of pyridine rings is 1. The van der Waals surface area contributed by atoms with Gasteiger partial charge in [0.2, 0.25) is 5.88 Å². The molecule has 0 radical (unpaired) electrons. The molecule has 2 heterocycles. The maximum Gasteiger partial charge on any atom is 0.421 e. The molecule has 0 aliphatic carbocycles. The summed E-state index contributed by atoms with van der Waals surface area (Å²) in [7, 11) is 2.08. The Labute approximate surface area is 116 Å². The van der Waals surface area contributed by atoms with Crippen LogP contribution in [-0.2, 0) is 6.18 Å². The molecule has 1 fully saturated rings. The minimum absolute atomic E-state index is 0.286. The summed E-state index contributed by atoms with van der Waals surface area (Å²) >= 11 is 0. The largest absolute Gasteiger partial charge is 0.477 e. The second-order valence-electron chi connectivity index (χ2n) is 5.24. The van der Waals surface area contributed by atoms with Gasteiger partial charge < -0.3 is 9.64 Å². The van der Waals surface area contributed by atoms with Crippen molar-refractivity contribution in [1.29, 1.82) is 0 Å². The molecule has 0 N–H and O–H groups in total. The van der Waals surface area contributed by atoms with Gasteiger partial charge in [0.1, 0.15) is 5.56 Å². The SMILES string of the molecule is CN1CCC(CCOc2ncccc2C(F)(F)F)CC1. The van der Waals surface area contributed by atoms with Gasteiger partial charge in [-0.25, -0.2) is 4.98 Å². The van der Waals surface area contributed by atoms with E-state index in [2.05, 4.69) is 16.9 Å². The van der Waals surface area contributed by atoms with Crippen molar-refractivity contribution in [3.63, 3.8) is 0 Å². The maximum atomic E-state index is 12.7. The Balaban J connectivity index is 1.85. The Morgan fingerprint density at radius 1 is 1.35 bits per heavy atom. The van der Waals surface area contributed by atoms with Gasteiger partial charge in [0.05, 0.1) is 6.61 Å². The second-order valence-corrected chi connectivity index (χ2v) is 5.24. The fraction of sp³-hybridized carbons (Fsp3) is 0.643. The molecule has 0 atom stereocenters. The smallest absolute Gasteiger partial charge is 0.421 e. The van der Waals surface area contributed by atoms with Crippen molar-refractivity contribution >= 4 is 0 Å². The molecule has 3 nitrogen and oxygen atoms in total. The summed E-state index contributed by atoms with van der Waals surface area (Å²) in [6, 6.07) is 2.27. The zero-order chi connectivity index (χ0) is 14.6. The van der Waals surface area contributed by atoms with Crippen LogP contribution in [0, 0.1) is 5.92 Å². The Kier molecular flexibility index (Phi) is 4.86. The van der Waals surface area contributed by atoms with E-state index in [1.54, 1.807) is 0 Å². The number of hydrogen-bond donors (Lipinski definition) is 0. The number of rotatable bonds is 4. The normalized spacial score (nSPS) is 18.2. The van der Waals surface area contributed by atoms with Gasteiger partial charge in [0, 0.05) is 6.20 Å². The molecule has 0 aromatic carbocycles. The van der Waals surface area contributed by atoms with Crippen LogP contribution in [0.2, 0.25) is 0 Å². The van der Waals surface area contributed by atoms with Crippen molar-refractivity contribution in [2.75, 3.05) is 26.7 Å². The topological polar surface area (TPSA) is 25.4 Å². The van der Waals surface area contributed by atoms with Crippen molar-refractivity contribution in [2.45, 2.75) is 25.4 Å². The summed E-state index contributed by atoms with van der Waals surface area (Å²) in [5.74, 6) is 0.220. The minimum Gasteiger partial charge on any atom is -0.477 e. The first-order valence-corrected chi connectivity index (χ1v) is 6.80. The predicted octanol–water partition coefficient (Wildman–Crippen LogP) is 3.21. The van der Waals surface area contributed by atoms with Crippen LogP contribution in [0.1, 0.15) is 24.8 Å². The number of piperidine rings is 1. The first-order chi connectivity index (χ1) is 9.47. The first kappa shape index (κ1) is 15.1. The number of alkyl halides is 3. The molecule has 2 rings (SSSR count). The van der Waals surface area contributed by atoms with Crippen LogP contribution in [-0.4, -0.2) is 36.6 Å². The highest BCUT2D eigenvalue weighted by Crippen LogP contribution is 2.34. The fourth-order valence-electron chi connectivity index (χ4n) is 2.39. The lowest BCUT2D eigenvalue weighted by Crippen LogP contribution is -2.30. The molecule has 1 saturated heterocycles. The van der Waals surface area contributed by atoms with Gasteiger partial charge in [0.25, 0.3) is 0 Å². The van der Waals surface area contributed by atoms with E-state index >= 15 is 0 Å². The molecule has 20 heavy (non-hydrogen) atoms. The molecule has 1 aromatic rings. The minimum atomic E-state index is -4.42. The first-order valence-electron chi connectivity index (χ1n) is 6.80. The quantitative estimate of drug-likeness (QED) is 0.850. The van der Waals surface area contributed by atoms with E-state index in [4.69, 9.17) is 4.74 Å². The van der Waals surface area contributed by atoms with Gasteiger partial charge in [-0.1, -0.05) is 0 Å². The van der Waals surface area contributed by atoms with Crippen LogP contribution >= 0.6 is 0 Å². The van der Waals surface area contributed by atoms with Crippen molar-refractivity contribution < 1.29 is 17.9 Å². The Hall–Kier alpha value is -1.30. The summed E-state index contributed by atoms with van der Waals surface area (Å²) in [6.45, 7) is 2.37. The van der Waals surface area contributed by atoms with Crippen LogP contribution < -0.4 is 4.74 Å². The number of likely N-dealkylation sites (tertiary alicyclic amines) is 1. The fourth-order valence-corrected chi connectivity index (χ4v) is 2.39. The van der Waals surface area contributed by atoms with E-state index in [0.717, 1.165) is 38.4 Å². The standard InChI is InChI=1S/C14H19F3N2O/c1-19-8-4-11(5-9-19)6-10-20-13-12(14(15,16)17)3-2-7-18-13/h2-3,7,11H,4-6,8-10H2,1H3. The molecule has 6 heteroatoms. The van der Waals surface area contributed by atoms with Crippen molar-refractivity contribution in [3.8, 4) is 5.88 Å². The molecular formula is C14H19F3N2O. The maximum absolute atomic E-state index is 12.7. The monoisotopic (exact) mass is 288 g/mol. The van der Waals surface area contributed by atoms with Gasteiger partial charge in [-0.15, -0.1) is 0 Å². The number of halogens is 3. The molecule has 0 unspecified atom stereocenters. The highest BCUT2D eigenvalue weighted by Gasteiger charge is 2.35. The van der Waals surface area contributed by atoms with E-state index in [9.17, 15) is 13.2 Å². The lowest BCUT2D eigenvalue weighted by Gasteiger charge is -2.28. The zero-order valence-electron chi connectivity index (χ0n) is 11.5. The Bertz CT molecular complexity index is 429. The van der Waals surface area contributed by atoms with Crippen LogP contribution in [0.25, 0.3) is 0 Å². The molecule has 0 spiro atoms. The summed E-state index contributed by atoms with van der Waals surface area (Å²) in [5, 5.41) is 0. The van der Waals surface area contributed by atoms with Crippen molar-refractivity contribution in [2.24, 2.45) is 5.92 Å². The van der Waals surface area contributed by atoms with E-state index in [-0.39, 0.29) is 12.5 Å². The third-order valence-electron chi connectivity index (χ3n) is 3.68. The van der Waals surface area contributed by atoms with Crippen LogP contribution in [0.5, 0.6) is 5.88 Å². The van der Waals surface area contributed by atoms with Crippen molar-refractivity contribution in [3.05, 3.63) is 23.9 Å². The van der Waals surface area contributed by atoms with E-state index in [1.807, 2.05) is 0 Å². The molecule has 0 bridgehead atoms. The summed E-state index contributed by atoms with van der Waals surface area (Å²) in [6.07, 6.45) is -0.165. The van der Waals surface area contributed by atoms with E-state index < -0.39 is 11.7 Å². The third-order valence-corrected chi connectivity index (χ3v) is 3.68. The highest BCUT2D eigenvalue weighted by molar-refractivity contribution is 5.28. The molecular weight excluding hydrogens is 269 g/mol. The number of nitrogens with zero attached hydrogens (tertiary/aromatic N) is 2. The van der Waals surface area contributed by atoms with Crippen LogP contribution in [0.3, 0.4) is 0 Å². The van der Waals surface area contributed by atoms with Crippen molar-refractivity contribution in [1.82, 2.24) is 9.88 Å². The summed E-state index contributed by atoms with van der Waals surface area (Å²) in [5.41, 5.74) is -0.802. The molecule has 1 aliphatic heterocycles. The average molecular weight is 288 g/mol. The third kappa shape index (κ3) is 4.10. The lowest BCUT2D eigenvalue weighted by atomic mass is 9.94. The van der Waals surface area contributed by atoms with Crippen LogP contribution in [0.4, 0.5) is 13.2 Å². The van der Waals surface area contributed by atoms with Gasteiger partial charge in [-0.2, -0.15) is 13.2 Å². The van der Waals surface area contributed by atoms with E-state index in [0.29, 0.717) is 5.92 Å². The molecule has 1 aromatic heterocycles. The lowest BCUT2D eigenvalue weighted by molar-refractivity contribution is -0.139. The Morgan fingerprint density at radius 3 is 2.70 bits per heavy atom. The average Bonchev–Trinajstić information content (AvgIpc) is 2.40. The Morgan fingerprint density at radius 2 is 2.05 bits per heavy atom. The molecule has 0 amide bonds. The molecule has 1 aliphatic rings. The van der Waals surface area contributed by atoms with Crippen LogP contribution in [0.15, 0.2) is 18.3 Å². The molecule has 0 saturated carbocycles. The predicted molar refractivity (Wildman–Crippen MR) is 69.6 cm³/mol. The highest BCUT2D eigenvalue weighted by atomic mass is 19.4. The van der Waals surface area contributed by atoms with Gasteiger partial charge in [-0.05, 0) is 57.5 Å². The number of ether oxygens (including phenoxy) is 1. The second kappa shape index (κ2) is 6.43.